The molecule has 5 nitrogen and oxygen atoms in total. The summed E-state index contributed by atoms with van der Waals surface area (Å²) in [5.41, 5.74) is 0. The van der Waals surface area contributed by atoms with Crippen LogP contribution in [0.1, 0.15) is 20.8 Å². The highest BCUT2D eigenvalue weighted by Gasteiger charge is 2.27. The summed E-state index contributed by atoms with van der Waals surface area (Å²) < 4.78 is 4.90. The summed E-state index contributed by atoms with van der Waals surface area (Å²) in [6.45, 7) is 6.37. The number of ether oxygens (including phenoxy) is 1. The molecule has 0 aromatic carbocycles. The highest BCUT2D eigenvalue weighted by Crippen LogP contribution is 2.06. The maximum Gasteiger partial charge on any atom is 0.410 e. The maximum atomic E-state index is 10.8. The molecule has 14 heavy (non-hydrogen) atoms. The maximum absolute atomic E-state index is 10.8. The van der Waals surface area contributed by atoms with Crippen molar-refractivity contribution in [2.45, 2.75) is 26.9 Å². The molecular weight excluding hydrogens is 184 g/mol. The van der Waals surface area contributed by atoms with E-state index < -0.39 is 0 Å². The van der Waals surface area contributed by atoms with Crippen molar-refractivity contribution >= 4 is 12.0 Å². The quantitative estimate of drug-likeness (QED) is 0.713. The van der Waals surface area contributed by atoms with Crippen molar-refractivity contribution in [1.29, 1.82) is 0 Å². The Kier molecular flexibility index (Phi) is 5.67. The largest absolute Gasteiger partial charge is 0.442 e. The van der Waals surface area contributed by atoms with E-state index in [0.29, 0.717) is 13.1 Å². The van der Waals surface area contributed by atoms with Gasteiger partial charge < -0.3 is 15.0 Å². The van der Waals surface area contributed by atoms with Crippen LogP contribution in [0.15, 0.2) is 0 Å². The Hall–Kier alpha value is -1.26. The van der Waals surface area contributed by atoms with Crippen LogP contribution in [0.4, 0.5) is 4.79 Å². The third-order valence-corrected chi connectivity index (χ3v) is 1.64. The summed E-state index contributed by atoms with van der Waals surface area (Å²) >= 11 is 0. The first kappa shape index (κ1) is 12.7. The zero-order valence-corrected chi connectivity index (χ0v) is 9.16. The van der Waals surface area contributed by atoms with Gasteiger partial charge in [-0.05, 0) is 0 Å². The van der Waals surface area contributed by atoms with Gasteiger partial charge in [0, 0.05) is 14.0 Å². The van der Waals surface area contributed by atoms with Crippen molar-refractivity contribution in [2.75, 3.05) is 20.1 Å². The van der Waals surface area contributed by atoms with Gasteiger partial charge in [0.2, 0.25) is 5.91 Å². The Morgan fingerprint density at radius 1 is 1.64 bits per heavy atom. The Morgan fingerprint density at radius 3 is 2.57 bits per heavy atom. The molecule has 1 heterocycles. The molecule has 1 rings (SSSR count). The van der Waals surface area contributed by atoms with Crippen molar-refractivity contribution in [1.82, 2.24) is 10.2 Å². The van der Waals surface area contributed by atoms with Crippen molar-refractivity contribution in [3.05, 3.63) is 0 Å². The van der Waals surface area contributed by atoms with Crippen LogP contribution >= 0.6 is 0 Å². The molecule has 0 bridgehead atoms. The van der Waals surface area contributed by atoms with Crippen molar-refractivity contribution < 1.29 is 14.3 Å². The summed E-state index contributed by atoms with van der Waals surface area (Å²) in [6, 6.07) is 0. The molecule has 0 spiro atoms. The number of hydrogen-bond acceptors (Lipinski definition) is 3. The molecule has 1 fully saturated rings. The monoisotopic (exact) mass is 202 g/mol. The van der Waals surface area contributed by atoms with Crippen LogP contribution in [0, 0.1) is 0 Å². The highest BCUT2D eigenvalue weighted by atomic mass is 16.6. The summed E-state index contributed by atoms with van der Waals surface area (Å²) in [5.74, 6) is -0.111. The molecular formula is C9H18N2O3. The van der Waals surface area contributed by atoms with E-state index in [9.17, 15) is 9.59 Å². The van der Waals surface area contributed by atoms with Gasteiger partial charge in [0.25, 0.3) is 0 Å². The average Bonchev–Trinajstić information content (AvgIpc) is 2.47. The van der Waals surface area contributed by atoms with Gasteiger partial charge in [-0.15, -0.1) is 0 Å². The standard InChI is InChI=1S/C7H12N2O3.C2H6/c1-5(10)8-3-6-4-9(2)7(11)12-6;1-2/h6H,3-4H2,1-2H3,(H,8,10);1-2H3/t6-;/m0./s1. The van der Waals surface area contributed by atoms with Crippen LogP contribution in [0.25, 0.3) is 0 Å². The van der Waals surface area contributed by atoms with Gasteiger partial charge in [0.15, 0.2) is 0 Å². The molecule has 1 N–H and O–H groups in total. The third kappa shape index (κ3) is 4.11. The van der Waals surface area contributed by atoms with E-state index in [0.717, 1.165) is 0 Å². The number of carbonyl (C=O) groups is 2. The number of amides is 2. The minimum absolute atomic E-state index is 0.111. The summed E-state index contributed by atoms with van der Waals surface area (Å²) in [5, 5.41) is 2.59. The number of nitrogens with one attached hydrogen (secondary N) is 1. The second-order valence-electron chi connectivity index (χ2n) is 2.82. The molecule has 1 aliphatic heterocycles. The molecule has 0 radical (unpaired) electrons. The summed E-state index contributed by atoms with van der Waals surface area (Å²) in [7, 11) is 1.66. The molecule has 1 saturated heterocycles. The third-order valence-electron chi connectivity index (χ3n) is 1.64. The predicted octanol–water partition coefficient (Wildman–Crippen LogP) is 0.599. The van der Waals surface area contributed by atoms with Crippen LogP contribution < -0.4 is 5.32 Å². The van der Waals surface area contributed by atoms with Crippen LogP contribution in [-0.2, 0) is 9.53 Å². The lowest BCUT2D eigenvalue weighted by Gasteiger charge is -2.07. The van der Waals surface area contributed by atoms with Gasteiger partial charge in [-0.3, -0.25) is 4.79 Å². The normalized spacial score (nSPS) is 19.6. The fourth-order valence-electron chi connectivity index (χ4n) is 1.01. The average molecular weight is 202 g/mol. The Bertz CT molecular complexity index is 206. The number of rotatable bonds is 2. The van der Waals surface area contributed by atoms with E-state index >= 15 is 0 Å². The van der Waals surface area contributed by atoms with Gasteiger partial charge in [-0.1, -0.05) is 13.8 Å². The molecule has 1 aliphatic rings. The highest BCUT2D eigenvalue weighted by molar-refractivity contribution is 5.73. The van der Waals surface area contributed by atoms with Gasteiger partial charge in [-0.2, -0.15) is 0 Å². The van der Waals surface area contributed by atoms with Crippen molar-refractivity contribution in [3.8, 4) is 0 Å². The molecule has 0 aromatic rings. The van der Waals surface area contributed by atoms with Crippen molar-refractivity contribution in [3.63, 3.8) is 0 Å². The first-order valence-electron chi connectivity index (χ1n) is 4.76. The van der Waals surface area contributed by atoms with E-state index in [4.69, 9.17) is 4.74 Å². The summed E-state index contributed by atoms with van der Waals surface area (Å²) in [4.78, 5) is 22.8. The SMILES string of the molecule is CC.CC(=O)NC[C@H]1CN(C)C(=O)O1. The molecule has 2 amide bonds. The molecule has 0 aliphatic carbocycles. The molecule has 5 heteroatoms. The van der Waals surface area contributed by atoms with Gasteiger partial charge in [-0.25, -0.2) is 4.79 Å². The van der Waals surface area contributed by atoms with Crippen LogP contribution in [0.3, 0.4) is 0 Å². The van der Waals surface area contributed by atoms with Gasteiger partial charge in [0.1, 0.15) is 6.10 Å². The minimum Gasteiger partial charge on any atom is -0.442 e. The zero-order valence-electron chi connectivity index (χ0n) is 9.16. The Labute approximate surface area is 84.4 Å². The second-order valence-corrected chi connectivity index (χ2v) is 2.82. The number of hydrogen-bond donors (Lipinski definition) is 1. The van der Waals surface area contributed by atoms with Crippen LogP contribution in [0.5, 0.6) is 0 Å². The fraction of sp³-hybridized carbons (Fsp3) is 0.778. The van der Waals surface area contributed by atoms with E-state index in [1.807, 2.05) is 13.8 Å². The number of carbonyl (C=O) groups excluding carboxylic acids is 2. The lowest BCUT2D eigenvalue weighted by atomic mass is 10.3. The molecule has 0 aromatic heterocycles. The van der Waals surface area contributed by atoms with E-state index in [1.165, 1.54) is 11.8 Å². The first-order valence-corrected chi connectivity index (χ1v) is 4.76. The fourth-order valence-corrected chi connectivity index (χ4v) is 1.01. The Balaban J connectivity index is 0.000000791. The smallest absolute Gasteiger partial charge is 0.410 e. The zero-order chi connectivity index (χ0) is 11.1. The molecule has 0 saturated carbocycles. The molecule has 82 valence electrons. The van der Waals surface area contributed by atoms with E-state index in [-0.39, 0.29) is 18.1 Å². The molecule has 0 unspecified atom stereocenters. The van der Waals surface area contributed by atoms with E-state index in [2.05, 4.69) is 5.32 Å². The summed E-state index contributed by atoms with van der Waals surface area (Å²) in [6.07, 6.45) is -0.531. The van der Waals surface area contributed by atoms with Gasteiger partial charge >= 0.3 is 6.09 Å². The topological polar surface area (TPSA) is 58.6 Å². The Morgan fingerprint density at radius 2 is 2.21 bits per heavy atom. The minimum atomic E-state index is -0.328. The predicted molar refractivity (Wildman–Crippen MR) is 52.9 cm³/mol. The molecule has 1 atom stereocenters. The van der Waals surface area contributed by atoms with Crippen molar-refractivity contribution in [2.24, 2.45) is 0 Å². The first-order chi connectivity index (χ1) is 6.59. The number of cyclic esters (lactones) is 1. The second kappa shape index (κ2) is 6.23. The van der Waals surface area contributed by atoms with Crippen LogP contribution in [0.2, 0.25) is 0 Å². The lowest BCUT2D eigenvalue weighted by Crippen LogP contribution is -2.32. The van der Waals surface area contributed by atoms with Crippen LogP contribution in [-0.4, -0.2) is 43.1 Å². The van der Waals surface area contributed by atoms with E-state index in [1.54, 1.807) is 7.05 Å². The van der Waals surface area contributed by atoms with Gasteiger partial charge in [0.05, 0.1) is 13.1 Å². The lowest BCUT2D eigenvalue weighted by molar-refractivity contribution is -0.119. The number of likely N-dealkylation sites (N-methyl/N-ethyl adjacent to an activating group) is 1. The number of nitrogens with zero attached hydrogens (tertiary/aromatic N) is 1.